The monoisotopic (exact) mass is 492 g/mol. The van der Waals surface area contributed by atoms with Crippen LogP contribution in [0, 0.1) is 20.8 Å². The predicted octanol–water partition coefficient (Wildman–Crippen LogP) is 6.53. The fourth-order valence-electron chi connectivity index (χ4n) is 4.29. The molecule has 0 spiro atoms. The highest BCUT2D eigenvalue weighted by Gasteiger charge is 2.32. The first-order chi connectivity index (χ1) is 16.2. The molecule has 1 saturated heterocycles. The number of hydrogen-bond donors (Lipinski definition) is 1. The van der Waals surface area contributed by atoms with E-state index in [1.807, 2.05) is 60.4 Å². The minimum absolute atomic E-state index is 0.0719. The van der Waals surface area contributed by atoms with Gasteiger partial charge in [0.2, 0.25) is 5.91 Å². The molecule has 34 heavy (non-hydrogen) atoms. The number of aryl methyl sites for hydroxylation is 3. The molecule has 3 aromatic carbocycles. The summed E-state index contributed by atoms with van der Waals surface area (Å²) < 4.78 is 0. The van der Waals surface area contributed by atoms with E-state index < -0.39 is 0 Å². The summed E-state index contributed by atoms with van der Waals surface area (Å²) in [5, 5.41) is 3.73. The van der Waals surface area contributed by atoms with Gasteiger partial charge >= 0.3 is 0 Å². The van der Waals surface area contributed by atoms with Crippen molar-refractivity contribution in [2.24, 2.45) is 0 Å². The van der Waals surface area contributed by atoms with Gasteiger partial charge in [0.05, 0.1) is 11.8 Å². The van der Waals surface area contributed by atoms with Crippen molar-refractivity contribution in [1.29, 1.82) is 0 Å². The zero-order valence-corrected chi connectivity index (χ0v) is 21.5. The molecule has 0 radical (unpaired) electrons. The van der Waals surface area contributed by atoms with Gasteiger partial charge < -0.3 is 10.2 Å². The summed E-state index contributed by atoms with van der Waals surface area (Å²) in [6.07, 6.45) is 0. The molecule has 2 atom stereocenters. The smallest absolute Gasteiger partial charge is 0.251 e. The first kappa shape index (κ1) is 24.4. The van der Waals surface area contributed by atoms with Gasteiger partial charge in [0.15, 0.2) is 0 Å². The molecule has 1 aliphatic rings. The molecule has 1 N–H and O–H groups in total. The van der Waals surface area contributed by atoms with Gasteiger partial charge in [0.25, 0.3) is 5.91 Å². The predicted molar refractivity (Wildman–Crippen MR) is 140 cm³/mol. The summed E-state index contributed by atoms with van der Waals surface area (Å²) in [5.74, 6) is 0.460. The van der Waals surface area contributed by atoms with Crippen LogP contribution in [0.4, 0.5) is 0 Å². The second-order valence-electron chi connectivity index (χ2n) is 8.92. The van der Waals surface area contributed by atoms with E-state index in [0.29, 0.717) is 22.9 Å². The van der Waals surface area contributed by atoms with E-state index in [-0.39, 0.29) is 23.2 Å². The number of nitrogens with one attached hydrogen (secondary N) is 1. The maximum atomic E-state index is 12.9. The van der Waals surface area contributed by atoms with Crippen LogP contribution in [0.25, 0.3) is 0 Å². The maximum absolute atomic E-state index is 12.9. The summed E-state index contributed by atoms with van der Waals surface area (Å²) in [6.45, 7) is 8.81. The number of thioether (sulfide) groups is 1. The van der Waals surface area contributed by atoms with Gasteiger partial charge in [-0.1, -0.05) is 48.0 Å². The number of amides is 2. The topological polar surface area (TPSA) is 49.4 Å². The highest BCUT2D eigenvalue weighted by Crippen LogP contribution is 2.39. The second-order valence-corrected chi connectivity index (χ2v) is 10.4. The Balaban J connectivity index is 1.45. The Morgan fingerprint density at radius 3 is 2.35 bits per heavy atom. The van der Waals surface area contributed by atoms with Gasteiger partial charge in [-0.3, -0.25) is 9.59 Å². The molecule has 0 bridgehead atoms. The molecule has 1 aliphatic heterocycles. The second kappa shape index (κ2) is 10.2. The van der Waals surface area contributed by atoms with E-state index in [1.165, 1.54) is 16.7 Å². The summed E-state index contributed by atoms with van der Waals surface area (Å²) in [4.78, 5) is 27.3. The molecule has 0 saturated carbocycles. The lowest BCUT2D eigenvalue weighted by Gasteiger charge is -2.24. The molecule has 3 aromatic rings. The van der Waals surface area contributed by atoms with Gasteiger partial charge in [0.1, 0.15) is 5.37 Å². The summed E-state index contributed by atoms with van der Waals surface area (Å²) in [5.41, 5.74) is 7.44. The number of hydrogen-bond acceptors (Lipinski definition) is 3. The number of nitrogens with zero attached hydrogens (tertiary/aromatic N) is 1. The number of carbonyl (C=O) groups is 2. The normalized spacial score (nSPS) is 16.6. The van der Waals surface area contributed by atoms with Crippen LogP contribution in [0.3, 0.4) is 0 Å². The largest absolute Gasteiger partial charge is 0.346 e. The highest BCUT2D eigenvalue weighted by molar-refractivity contribution is 8.00. The van der Waals surface area contributed by atoms with E-state index in [0.717, 1.165) is 16.7 Å². The van der Waals surface area contributed by atoms with Crippen LogP contribution in [0.15, 0.2) is 60.7 Å². The lowest BCUT2D eigenvalue weighted by Crippen LogP contribution is -2.28. The van der Waals surface area contributed by atoms with Crippen LogP contribution >= 0.6 is 23.4 Å². The van der Waals surface area contributed by atoms with Crippen molar-refractivity contribution in [3.63, 3.8) is 0 Å². The molecule has 0 aromatic heterocycles. The van der Waals surface area contributed by atoms with E-state index >= 15 is 0 Å². The number of halogens is 1. The molecule has 0 unspecified atom stereocenters. The highest BCUT2D eigenvalue weighted by atomic mass is 35.5. The lowest BCUT2D eigenvalue weighted by molar-refractivity contribution is -0.128. The average molecular weight is 493 g/mol. The van der Waals surface area contributed by atoms with Crippen molar-refractivity contribution in [2.75, 3.05) is 5.75 Å². The van der Waals surface area contributed by atoms with Crippen molar-refractivity contribution in [3.05, 3.63) is 105 Å². The third kappa shape index (κ3) is 5.31. The molecule has 1 fully saturated rings. The number of benzene rings is 3. The average Bonchev–Trinajstić information content (AvgIpc) is 3.17. The summed E-state index contributed by atoms with van der Waals surface area (Å²) >= 11 is 7.60. The zero-order valence-electron chi connectivity index (χ0n) is 19.9. The Hall–Kier alpha value is -2.76. The molecule has 6 heteroatoms. The number of rotatable bonds is 6. The summed E-state index contributed by atoms with van der Waals surface area (Å²) in [6, 6.07) is 19.4. The van der Waals surface area contributed by atoms with E-state index in [2.05, 4.69) is 38.2 Å². The van der Waals surface area contributed by atoms with Crippen molar-refractivity contribution in [1.82, 2.24) is 10.2 Å². The molecular weight excluding hydrogens is 464 g/mol. The molecule has 1 heterocycles. The van der Waals surface area contributed by atoms with Gasteiger partial charge in [-0.2, -0.15) is 0 Å². The number of carbonyl (C=O) groups excluding carboxylic acids is 2. The standard InChI is InChI=1S/C28H29ClN2O2S/c1-17-13-19(3)25(14-18(17)2)20(4)30-27(33)22-7-9-23(10-8-22)28-31(26(32)16-34-28)15-21-5-11-24(29)12-6-21/h5-14,20,28H,15-16H2,1-4H3,(H,30,33)/t20-,28-/m1/s1. The van der Waals surface area contributed by atoms with Crippen LogP contribution in [0.2, 0.25) is 5.02 Å². The molecule has 4 rings (SSSR count). The Labute approximate surface area is 210 Å². The van der Waals surface area contributed by atoms with Gasteiger partial charge in [-0.15, -0.1) is 11.8 Å². The Bertz CT molecular complexity index is 1210. The zero-order chi connectivity index (χ0) is 24.4. The quantitative estimate of drug-likeness (QED) is 0.425. The molecular formula is C28H29ClN2O2S. The molecule has 4 nitrogen and oxygen atoms in total. The summed E-state index contributed by atoms with van der Waals surface area (Å²) in [7, 11) is 0. The van der Waals surface area contributed by atoms with Crippen molar-refractivity contribution in [2.45, 2.75) is 45.7 Å². The van der Waals surface area contributed by atoms with Crippen molar-refractivity contribution >= 4 is 35.2 Å². The van der Waals surface area contributed by atoms with Gasteiger partial charge in [0, 0.05) is 17.1 Å². The fraction of sp³-hybridized carbons (Fsp3) is 0.286. The maximum Gasteiger partial charge on any atom is 0.251 e. The van der Waals surface area contributed by atoms with Crippen molar-refractivity contribution < 1.29 is 9.59 Å². The van der Waals surface area contributed by atoms with E-state index in [9.17, 15) is 9.59 Å². The first-order valence-corrected chi connectivity index (χ1v) is 12.8. The minimum Gasteiger partial charge on any atom is -0.346 e. The SMILES string of the molecule is Cc1cc(C)c([C@@H](C)NC(=O)c2ccc([C@H]3SCC(=O)N3Cc3ccc(Cl)cc3)cc2)cc1C. The Morgan fingerprint density at radius 1 is 1.03 bits per heavy atom. The van der Waals surface area contributed by atoms with Crippen LogP contribution in [0.5, 0.6) is 0 Å². The lowest BCUT2D eigenvalue weighted by atomic mass is 9.96. The first-order valence-electron chi connectivity index (χ1n) is 11.4. The van der Waals surface area contributed by atoms with Crippen LogP contribution in [0.1, 0.15) is 62.1 Å². The van der Waals surface area contributed by atoms with Crippen LogP contribution in [-0.2, 0) is 11.3 Å². The Morgan fingerprint density at radius 2 is 1.68 bits per heavy atom. The fourth-order valence-corrected chi connectivity index (χ4v) is 5.61. The van der Waals surface area contributed by atoms with Gasteiger partial charge in [-0.25, -0.2) is 0 Å². The van der Waals surface area contributed by atoms with Crippen molar-refractivity contribution in [3.8, 4) is 0 Å². The minimum atomic E-state index is -0.107. The van der Waals surface area contributed by atoms with Crippen LogP contribution < -0.4 is 5.32 Å². The van der Waals surface area contributed by atoms with E-state index in [4.69, 9.17) is 11.6 Å². The molecule has 176 valence electrons. The molecule has 0 aliphatic carbocycles. The van der Waals surface area contributed by atoms with E-state index in [1.54, 1.807) is 11.8 Å². The van der Waals surface area contributed by atoms with Gasteiger partial charge in [-0.05, 0) is 85.3 Å². The Kier molecular flexibility index (Phi) is 7.34. The van der Waals surface area contributed by atoms with Crippen LogP contribution in [-0.4, -0.2) is 22.5 Å². The third-order valence-corrected chi connectivity index (χ3v) is 7.90. The third-order valence-electron chi connectivity index (χ3n) is 6.39. The molecule has 2 amide bonds.